The normalized spacial score (nSPS) is 11.6. The Bertz CT molecular complexity index is 921. The van der Waals surface area contributed by atoms with E-state index < -0.39 is 10.0 Å². The lowest BCUT2D eigenvalue weighted by molar-refractivity contribution is -0.121. The number of sulfonamides is 1. The molecule has 152 valence electrons. The van der Waals surface area contributed by atoms with Crippen molar-refractivity contribution in [2.24, 2.45) is 0 Å². The van der Waals surface area contributed by atoms with Crippen molar-refractivity contribution in [3.63, 3.8) is 0 Å². The average Bonchev–Trinajstić information content (AvgIpc) is 3.06. The van der Waals surface area contributed by atoms with Crippen LogP contribution in [0.2, 0.25) is 0 Å². The predicted octanol–water partition coefficient (Wildman–Crippen LogP) is 2.41. The minimum atomic E-state index is -3.79. The number of rotatable bonds is 10. The van der Waals surface area contributed by atoms with Crippen molar-refractivity contribution >= 4 is 33.1 Å². The van der Waals surface area contributed by atoms with Gasteiger partial charge in [0.25, 0.3) is 0 Å². The van der Waals surface area contributed by atoms with Crippen LogP contribution >= 0.6 is 11.3 Å². The molecule has 1 amide bonds. The Hall–Kier alpha value is -2.10. The SMILES string of the molecule is CC(=O)c1ccc(S(=O)(=O)N(C)CC(=O)NCCCCc2nc(C)cs2)cc1. The summed E-state index contributed by atoms with van der Waals surface area (Å²) in [5.74, 6) is -0.488. The van der Waals surface area contributed by atoms with E-state index in [9.17, 15) is 18.0 Å². The summed E-state index contributed by atoms with van der Waals surface area (Å²) in [5, 5.41) is 5.85. The number of aromatic nitrogens is 1. The average molecular weight is 424 g/mol. The highest BCUT2D eigenvalue weighted by Crippen LogP contribution is 2.15. The lowest BCUT2D eigenvalue weighted by atomic mass is 10.2. The molecule has 9 heteroatoms. The summed E-state index contributed by atoms with van der Waals surface area (Å²) in [4.78, 5) is 27.8. The van der Waals surface area contributed by atoms with Gasteiger partial charge in [-0.3, -0.25) is 9.59 Å². The maximum absolute atomic E-state index is 12.5. The van der Waals surface area contributed by atoms with Crippen LogP contribution in [0.15, 0.2) is 34.5 Å². The third-order valence-electron chi connectivity index (χ3n) is 4.14. The van der Waals surface area contributed by atoms with E-state index in [0.29, 0.717) is 12.1 Å². The first-order valence-electron chi connectivity index (χ1n) is 8.95. The molecule has 0 unspecified atom stereocenters. The van der Waals surface area contributed by atoms with Gasteiger partial charge in [-0.25, -0.2) is 13.4 Å². The highest BCUT2D eigenvalue weighted by molar-refractivity contribution is 7.89. The van der Waals surface area contributed by atoms with Crippen molar-refractivity contribution in [3.8, 4) is 0 Å². The molecule has 0 saturated carbocycles. The second-order valence-electron chi connectivity index (χ2n) is 6.53. The second kappa shape index (κ2) is 9.90. The number of likely N-dealkylation sites (N-methyl/N-ethyl adjacent to an activating group) is 1. The smallest absolute Gasteiger partial charge is 0.243 e. The standard InChI is InChI=1S/C19H25N3O4S2/c1-14-13-27-19(21-14)6-4-5-11-20-18(24)12-22(3)28(25,26)17-9-7-16(8-10-17)15(2)23/h7-10,13H,4-6,11-12H2,1-3H3,(H,20,24). The molecule has 0 aliphatic heterocycles. The van der Waals surface area contributed by atoms with Gasteiger partial charge in [0.1, 0.15) is 0 Å². The zero-order chi connectivity index (χ0) is 20.7. The number of thiazole rings is 1. The molecule has 0 aliphatic rings. The Morgan fingerprint density at radius 2 is 1.86 bits per heavy atom. The molecule has 0 radical (unpaired) electrons. The molecular formula is C19H25N3O4S2. The first-order chi connectivity index (χ1) is 13.2. The summed E-state index contributed by atoms with van der Waals surface area (Å²) in [5.41, 5.74) is 1.46. The minimum Gasteiger partial charge on any atom is -0.355 e. The van der Waals surface area contributed by atoms with Crippen molar-refractivity contribution in [1.82, 2.24) is 14.6 Å². The van der Waals surface area contributed by atoms with Crippen LogP contribution in [0.25, 0.3) is 0 Å². The number of ketones is 1. The third kappa shape index (κ3) is 6.22. The van der Waals surface area contributed by atoms with Crippen LogP contribution in [0, 0.1) is 6.92 Å². The summed E-state index contributed by atoms with van der Waals surface area (Å²) < 4.78 is 26.1. The largest absolute Gasteiger partial charge is 0.355 e. The number of benzene rings is 1. The maximum Gasteiger partial charge on any atom is 0.243 e. The molecule has 2 rings (SSSR count). The lowest BCUT2D eigenvalue weighted by Crippen LogP contribution is -2.38. The molecule has 1 N–H and O–H groups in total. The fourth-order valence-corrected chi connectivity index (χ4v) is 4.48. The number of nitrogens with zero attached hydrogens (tertiary/aromatic N) is 2. The van der Waals surface area contributed by atoms with Crippen LogP contribution in [0.1, 0.15) is 40.8 Å². The highest BCUT2D eigenvalue weighted by atomic mass is 32.2. The summed E-state index contributed by atoms with van der Waals surface area (Å²) in [6, 6.07) is 5.68. The second-order valence-corrected chi connectivity index (χ2v) is 9.52. The molecule has 1 aromatic heterocycles. The molecule has 1 aromatic carbocycles. The first-order valence-corrected chi connectivity index (χ1v) is 11.3. The van der Waals surface area contributed by atoms with Gasteiger partial charge in [-0.2, -0.15) is 4.31 Å². The van der Waals surface area contributed by atoms with E-state index in [4.69, 9.17) is 0 Å². The minimum absolute atomic E-state index is 0.0477. The molecule has 0 aliphatic carbocycles. The van der Waals surface area contributed by atoms with E-state index in [1.165, 1.54) is 38.2 Å². The molecule has 1 heterocycles. The monoisotopic (exact) mass is 423 g/mol. The van der Waals surface area contributed by atoms with Gasteiger partial charge < -0.3 is 5.32 Å². The first kappa shape index (κ1) is 22.2. The van der Waals surface area contributed by atoms with E-state index >= 15 is 0 Å². The van der Waals surface area contributed by atoms with Gasteiger partial charge in [-0.05, 0) is 45.2 Å². The fraction of sp³-hybridized carbons (Fsp3) is 0.421. The Kier molecular flexibility index (Phi) is 7.85. The van der Waals surface area contributed by atoms with Crippen LogP contribution in [0.4, 0.5) is 0 Å². The molecule has 0 atom stereocenters. The fourth-order valence-electron chi connectivity index (χ4n) is 2.53. The number of hydrogen-bond acceptors (Lipinski definition) is 6. The molecule has 28 heavy (non-hydrogen) atoms. The van der Waals surface area contributed by atoms with E-state index in [2.05, 4.69) is 10.3 Å². The third-order valence-corrected chi connectivity index (χ3v) is 6.99. The van der Waals surface area contributed by atoms with Gasteiger partial charge in [0.15, 0.2) is 5.78 Å². The number of unbranched alkanes of at least 4 members (excludes halogenated alkanes) is 1. The molecule has 7 nitrogen and oxygen atoms in total. The summed E-state index contributed by atoms with van der Waals surface area (Å²) in [7, 11) is -2.43. The summed E-state index contributed by atoms with van der Waals surface area (Å²) in [6.07, 6.45) is 2.58. The molecule has 0 spiro atoms. The van der Waals surface area contributed by atoms with Crippen LogP contribution in [-0.2, 0) is 21.2 Å². The van der Waals surface area contributed by atoms with E-state index in [1.807, 2.05) is 12.3 Å². The molecule has 0 fully saturated rings. The van der Waals surface area contributed by atoms with Crippen LogP contribution in [0.3, 0.4) is 0 Å². The Labute approximate surface area is 169 Å². The molecule has 0 bridgehead atoms. The topological polar surface area (TPSA) is 96.4 Å². The van der Waals surface area contributed by atoms with Crippen molar-refractivity contribution in [2.45, 2.75) is 38.0 Å². The number of carbonyl (C=O) groups is 2. The van der Waals surface area contributed by atoms with Gasteiger partial charge in [-0.15, -0.1) is 11.3 Å². The van der Waals surface area contributed by atoms with Gasteiger partial charge in [-0.1, -0.05) is 12.1 Å². The Morgan fingerprint density at radius 3 is 2.43 bits per heavy atom. The van der Waals surface area contributed by atoms with Crippen molar-refractivity contribution < 1.29 is 18.0 Å². The van der Waals surface area contributed by atoms with E-state index in [0.717, 1.165) is 34.3 Å². The zero-order valence-electron chi connectivity index (χ0n) is 16.3. The Morgan fingerprint density at radius 1 is 1.18 bits per heavy atom. The lowest BCUT2D eigenvalue weighted by Gasteiger charge is -2.17. The van der Waals surface area contributed by atoms with Crippen LogP contribution in [-0.4, -0.2) is 49.5 Å². The number of Topliss-reactive ketones (excluding diaryl/α,β-unsaturated/α-hetero) is 1. The van der Waals surface area contributed by atoms with Crippen molar-refractivity contribution in [2.75, 3.05) is 20.1 Å². The number of nitrogens with one attached hydrogen (secondary N) is 1. The highest BCUT2D eigenvalue weighted by Gasteiger charge is 2.22. The van der Waals surface area contributed by atoms with Crippen molar-refractivity contribution in [1.29, 1.82) is 0 Å². The number of carbonyl (C=O) groups excluding carboxylic acids is 2. The zero-order valence-corrected chi connectivity index (χ0v) is 17.9. The molecular weight excluding hydrogens is 398 g/mol. The van der Waals surface area contributed by atoms with Crippen LogP contribution < -0.4 is 5.32 Å². The predicted molar refractivity (Wildman–Crippen MR) is 109 cm³/mol. The van der Waals surface area contributed by atoms with Gasteiger partial charge in [0, 0.05) is 30.2 Å². The quantitative estimate of drug-likeness (QED) is 0.468. The van der Waals surface area contributed by atoms with Crippen LogP contribution in [0.5, 0.6) is 0 Å². The van der Waals surface area contributed by atoms with Gasteiger partial charge in [0.05, 0.1) is 16.4 Å². The van der Waals surface area contributed by atoms with Gasteiger partial charge in [0.2, 0.25) is 15.9 Å². The number of amides is 1. The summed E-state index contributed by atoms with van der Waals surface area (Å²) in [6.45, 7) is 3.60. The van der Waals surface area contributed by atoms with E-state index in [-0.39, 0.29) is 23.1 Å². The number of hydrogen-bond donors (Lipinski definition) is 1. The number of aryl methyl sites for hydroxylation is 2. The van der Waals surface area contributed by atoms with Crippen molar-refractivity contribution in [3.05, 3.63) is 45.9 Å². The van der Waals surface area contributed by atoms with E-state index in [1.54, 1.807) is 11.3 Å². The Balaban J connectivity index is 1.77. The molecule has 0 saturated heterocycles. The summed E-state index contributed by atoms with van der Waals surface area (Å²) >= 11 is 1.63. The van der Waals surface area contributed by atoms with Gasteiger partial charge >= 0.3 is 0 Å². The maximum atomic E-state index is 12.5. The molecule has 2 aromatic rings.